The average molecular weight is 419 g/mol. The maximum absolute atomic E-state index is 5.96. The first kappa shape index (κ1) is 17.6. The van der Waals surface area contributed by atoms with Crippen molar-refractivity contribution in [2.45, 2.75) is 13.0 Å². The van der Waals surface area contributed by atoms with E-state index in [2.05, 4.69) is 44.3 Å². The monoisotopic (exact) mass is 418 g/mol. The molecular formula is C20H23BrN2O3. The molecule has 0 aliphatic carbocycles. The number of nitrogens with zero attached hydrogens (tertiary/aromatic N) is 1. The van der Waals surface area contributed by atoms with Crippen LogP contribution < -0.4 is 19.5 Å². The second-order valence-electron chi connectivity index (χ2n) is 6.42. The zero-order valence-electron chi connectivity index (χ0n) is 14.8. The van der Waals surface area contributed by atoms with Crippen molar-refractivity contribution < 1.29 is 14.2 Å². The van der Waals surface area contributed by atoms with Gasteiger partial charge in [-0.2, -0.15) is 0 Å². The molecule has 0 amide bonds. The number of fused-ring (bicyclic) bond motifs is 1. The van der Waals surface area contributed by atoms with Crippen LogP contribution in [0.5, 0.6) is 17.2 Å². The summed E-state index contributed by atoms with van der Waals surface area (Å²) in [5.41, 5.74) is 2.36. The van der Waals surface area contributed by atoms with Crippen LogP contribution in [0.15, 0.2) is 40.9 Å². The summed E-state index contributed by atoms with van der Waals surface area (Å²) in [5, 5.41) is 3.44. The molecule has 6 heteroatoms. The van der Waals surface area contributed by atoms with E-state index in [0.29, 0.717) is 6.61 Å². The molecule has 1 fully saturated rings. The zero-order chi connectivity index (χ0) is 17.9. The molecule has 0 aromatic heterocycles. The summed E-state index contributed by atoms with van der Waals surface area (Å²) < 4.78 is 18.1. The van der Waals surface area contributed by atoms with Crippen molar-refractivity contribution in [3.05, 3.63) is 52.0 Å². The summed E-state index contributed by atoms with van der Waals surface area (Å²) in [7, 11) is 0. The maximum Gasteiger partial charge on any atom is 0.231 e. The summed E-state index contributed by atoms with van der Waals surface area (Å²) in [6, 6.07) is 12.6. The van der Waals surface area contributed by atoms with Gasteiger partial charge in [0.05, 0.1) is 12.6 Å². The van der Waals surface area contributed by atoms with Gasteiger partial charge in [-0.05, 0) is 42.8 Å². The molecule has 0 saturated carbocycles. The fourth-order valence-electron chi connectivity index (χ4n) is 3.63. The second kappa shape index (κ2) is 7.86. The fraction of sp³-hybridized carbons (Fsp3) is 0.400. The highest BCUT2D eigenvalue weighted by molar-refractivity contribution is 9.10. The molecule has 2 aromatic carbocycles. The molecule has 1 unspecified atom stereocenters. The van der Waals surface area contributed by atoms with Crippen LogP contribution in [0.1, 0.15) is 24.1 Å². The molecule has 1 saturated heterocycles. The molecule has 5 nitrogen and oxygen atoms in total. The van der Waals surface area contributed by atoms with Crippen LogP contribution in [0.2, 0.25) is 0 Å². The molecule has 1 atom stereocenters. The molecule has 0 radical (unpaired) electrons. The largest absolute Gasteiger partial charge is 0.494 e. The lowest BCUT2D eigenvalue weighted by atomic mass is 9.95. The van der Waals surface area contributed by atoms with Gasteiger partial charge in [0.2, 0.25) is 6.79 Å². The highest BCUT2D eigenvalue weighted by atomic mass is 79.9. The van der Waals surface area contributed by atoms with Crippen LogP contribution in [0.4, 0.5) is 0 Å². The number of nitrogens with one attached hydrogen (secondary N) is 1. The van der Waals surface area contributed by atoms with E-state index in [0.717, 1.165) is 47.9 Å². The molecule has 4 rings (SSSR count). The van der Waals surface area contributed by atoms with Gasteiger partial charge in [0, 0.05) is 36.2 Å². The normalized spacial score (nSPS) is 17.9. The first-order valence-electron chi connectivity index (χ1n) is 9.03. The Labute approximate surface area is 162 Å². The predicted molar refractivity (Wildman–Crippen MR) is 104 cm³/mol. The first-order chi connectivity index (χ1) is 12.8. The Morgan fingerprint density at radius 3 is 2.73 bits per heavy atom. The summed E-state index contributed by atoms with van der Waals surface area (Å²) in [5.74, 6) is 2.56. The van der Waals surface area contributed by atoms with E-state index < -0.39 is 0 Å². The van der Waals surface area contributed by atoms with Gasteiger partial charge in [-0.25, -0.2) is 0 Å². The third-order valence-corrected chi connectivity index (χ3v) is 5.29. The minimum Gasteiger partial charge on any atom is -0.494 e. The highest BCUT2D eigenvalue weighted by Gasteiger charge is 2.28. The van der Waals surface area contributed by atoms with Gasteiger partial charge in [0.15, 0.2) is 11.5 Å². The van der Waals surface area contributed by atoms with Gasteiger partial charge < -0.3 is 19.5 Å². The molecule has 0 bridgehead atoms. The molecule has 0 spiro atoms. The van der Waals surface area contributed by atoms with Crippen LogP contribution in [0.3, 0.4) is 0 Å². The van der Waals surface area contributed by atoms with Gasteiger partial charge in [0.25, 0.3) is 0 Å². The Hall–Kier alpha value is -1.76. The number of benzene rings is 2. The van der Waals surface area contributed by atoms with Gasteiger partial charge in [-0.3, -0.25) is 4.90 Å². The van der Waals surface area contributed by atoms with E-state index in [9.17, 15) is 0 Å². The average Bonchev–Trinajstić information content (AvgIpc) is 3.13. The van der Waals surface area contributed by atoms with Crippen molar-refractivity contribution in [3.63, 3.8) is 0 Å². The van der Waals surface area contributed by atoms with Crippen molar-refractivity contribution in [2.24, 2.45) is 0 Å². The van der Waals surface area contributed by atoms with Crippen LogP contribution in [-0.4, -0.2) is 44.5 Å². The number of rotatable bonds is 5. The Morgan fingerprint density at radius 2 is 1.92 bits per heavy atom. The summed E-state index contributed by atoms with van der Waals surface area (Å²) in [4.78, 5) is 2.50. The first-order valence-corrected chi connectivity index (χ1v) is 9.82. The Kier molecular flexibility index (Phi) is 5.33. The standard InChI is InChI=1S/C20H23BrN2O3/c1-2-24-17-6-4-15(21)12-16(17)20(23-9-7-22-8-10-23)14-3-5-18-19(11-14)26-13-25-18/h3-6,11-12,20,22H,2,7-10,13H2,1H3. The van der Waals surface area contributed by atoms with Gasteiger partial charge in [-0.1, -0.05) is 22.0 Å². The fourth-order valence-corrected chi connectivity index (χ4v) is 4.01. The quantitative estimate of drug-likeness (QED) is 0.803. The van der Waals surface area contributed by atoms with E-state index >= 15 is 0 Å². The van der Waals surface area contributed by atoms with E-state index in [4.69, 9.17) is 14.2 Å². The van der Waals surface area contributed by atoms with Gasteiger partial charge in [0.1, 0.15) is 5.75 Å². The van der Waals surface area contributed by atoms with Crippen molar-refractivity contribution in [2.75, 3.05) is 39.6 Å². The molecule has 26 heavy (non-hydrogen) atoms. The van der Waals surface area contributed by atoms with Gasteiger partial charge in [-0.15, -0.1) is 0 Å². The van der Waals surface area contributed by atoms with Crippen molar-refractivity contribution in [3.8, 4) is 17.2 Å². The lowest BCUT2D eigenvalue weighted by Crippen LogP contribution is -2.45. The Morgan fingerprint density at radius 1 is 1.12 bits per heavy atom. The number of hydrogen-bond acceptors (Lipinski definition) is 5. The summed E-state index contributed by atoms with van der Waals surface area (Å²) >= 11 is 3.63. The topological polar surface area (TPSA) is 43.0 Å². The minimum absolute atomic E-state index is 0.102. The minimum atomic E-state index is 0.102. The van der Waals surface area contributed by atoms with E-state index in [1.165, 1.54) is 11.1 Å². The van der Waals surface area contributed by atoms with E-state index in [1.807, 2.05) is 25.1 Å². The summed E-state index contributed by atoms with van der Waals surface area (Å²) in [6.45, 7) is 6.89. The predicted octanol–water partition coefficient (Wildman–Crippen LogP) is 3.57. The second-order valence-corrected chi connectivity index (χ2v) is 7.33. The molecule has 2 aliphatic heterocycles. The van der Waals surface area contributed by atoms with Crippen LogP contribution >= 0.6 is 15.9 Å². The summed E-state index contributed by atoms with van der Waals surface area (Å²) in [6.07, 6.45) is 0. The molecule has 2 aromatic rings. The number of hydrogen-bond donors (Lipinski definition) is 1. The molecule has 2 aliphatic rings. The zero-order valence-corrected chi connectivity index (χ0v) is 16.4. The third kappa shape index (κ3) is 3.54. The van der Waals surface area contributed by atoms with Crippen molar-refractivity contribution >= 4 is 15.9 Å². The van der Waals surface area contributed by atoms with Crippen LogP contribution in [-0.2, 0) is 0 Å². The van der Waals surface area contributed by atoms with Gasteiger partial charge >= 0.3 is 0 Å². The maximum atomic E-state index is 5.96. The van der Waals surface area contributed by atoms with Crippen LogP contribution in [0, 0.1) is 0 Å². The van der Waals surface area contributed by atoms with Crippen LogP contribution in [0.25, 0.3) is 0 Å². The number of ether oxygens (including phenoxy) is 3. The Balaban J connectivity index is 1.80. The lowest BCUT2D eigenvalue weighted by molar-refractivity contribution is 0.173. The lowest BCUT2D eigenvalue weighted by Gasteiger charge is -2.36. The smallest absolute Gasteiger partial charge is 0.231 e. The third-order valence-electron chi connectivity index (χ3n) is 4.80. The molecule has 138 valence electrons. The number of piperazine rings is 1. The number of halogens is 1. The molecular weight excluding hydrogens is 396 g/mol. The highest BCUT2D eigenvalue weighted by Crippen LogP contribution is 2.41. The van der Waals surface area contributed by atoms with E-state index in [1.54, 1.807) is 0 Å². The van der Waals surface area contributed by atoms with Crippen molar-refractivity contribution in [1.29, 1.82) is 0 Å². The molecule has 1 N–H and O–H groups in total. The Bertz CT molecular complexity index is 778. The molecule has 2 heterocycles. The van der Waals surface area contributed by atoms with Crippen molar-refractivity contribution in [1.82, 2.24) is 10.2 Å². The SMILES string of the molecule is CCOc1ccc(Br)cc1C(c1ccc2c(c1)OCO2)N1CCNCC1. The van der Waals surface area contributed by atoms with E-state index in [-0.39, 0.29) is 12.8 Å².